The summed E-state index contributed by atoms with van der Waals surface area (Å²) in [5, 5.41) is 3.57. The first-order valence-electron chi connectivity index (χ1n) is 7.99. The number of nitrogens with zero attached hydrogens (tertiary/aromatic N) is 3. The lowest BCUT2D eigenvalue weighted by atomic mass is 10.2. The van der Waals surface area contributed by atoms with Crippen molar-refractivity contribution in [3.8, 4) is 0 Å². The second-order valence-corrected chi connectivity index (χ2v) is 6.34. The van der Waals surface area contributed by atoms with E-state index in [-0.39, 0.29) is 0 Å². The van der Waals surface area contributed by atoms with Gasteiger partial charge in [0.05, 0.1) is 17.6 Å². The quantitative estimate of drug-likeness (QED) is 0.746. The molecule has 1 heterocycles. The molecule has 1 aromatic heterocycles. The molecule has 0 unspecified atom stereocenters. The Hall–Kier alpha value is -1.42. The van der Waals surface area contributed by atoms with Gasteiger partial charge in [-0.15, -0.1) is 0 Å². The Morgan fingerprint density at radius 1 is 1.48 bits per heavy atom. The third-order valence-corrected chi connectivity index (χ3v) is 3.70. The minimum atomic E-state index is 0.356. The van der Waals surface area contributed by atoms with Crippen LogP contribution in [0.4, 0.5) is 5.69 Å². The molecule has 0 amide bonds. The summed E-state index contributed by atoms with van der Waals surface area (Å²) in [6.45, 7) is 15.2. The van der Waals surface area contributed by atoms with Crippen LogP contribution in [0.2, 0.25) is 0 Å². The van der Waals surface area contributed by atoms with Crippen molar-refractivity contribution in [1.29, 1.82) is 0 Å². The molecule has 1 saturated carbocycles. The van der Waals surface area contributed by atoms with Crippen molar-refractivity contribution in [2.24, 2.45) is 0 Å². The first kappa shape index (κ1) is 16.0. The van der Waals surface area contributed by atoms with Gasteiger partial charge >= 0.3 is 0 Å². The average Bonchev–Trinajstić information content (AvgIpc) is 3.26. The Labute approximate surface area is 128 Å². The summed E-state index contributed by atoms with van der Waals surface area (Å²) in [6.07, 6.45) is 4.57. The van der Waals surface area contributed by atoms with Crippen LogP contribution in [-0.2, 0) is 6.54 Å². The van der Waals surface area contributed by atoms with Crippen molar-refractivity contribution in [3.63, 3.8) is 0 Å². The summed E-state index contributed by atoms with van der Waals surface area (Å²) in [4.78, 5) is 11.7. The zero-order valence-electron chi connectivity index (χ0n) is 13.8. The molecule has 21 heavy (non-hydrogen) atoms. The number of anilines is 1. The zero-order valence-corrected chi connectivity index (χ0v) is 13.8. The Bertz CT molecular complexity index is 492. The summed E-state index contributed by atoms with van der Waals surface area (Å²) in [5.74, 6) is 1.28. The topological polar surface area (TPSA) is 41.1 Å². The van der Waals surface area contributed by atoms with Gasteiger partial charge in [-0.2, -0.15) is 0 Å². The van der Waals surface area contributed by atoms with Crippen LogP contribution < -0.4 is 10.2 Å². The maximum Gasteiger partial charge on any atom is 0.131 e. The molecule has 0 saturated heterocycles. The van der Waals surface area contributed by atoms with Crippen LogP contribution >= 0.6 is 0 Å². The summed E-state index contributed by atoms with van der Waals surface area (Å²) in [6, 6.07) is 0.687. The van der Waals surface area contributed by atoms with Crippen LogP contribution in [-0.4, -0.2) is 29.1 Å². The SMILES string of the molecule is C=C(C)CN(CC)c1cnc(C(C)C)nc1CNC1CC1. The predicted octanol–water partition coefficient (Wildman–Crippen LogP) is 3.25. The van der Waals surface area contributed by atoms with Crippen LogP contribution in [0.3, 0.4) is 0 Å². The van der Waals surface area contributed by atoms with E-state index in [9.17, 15) is 0 Å². The van der Waals surface area contributed by atoms with Crippen molar-refractivity contribution in [1.82, 2.24) is 15.3 Å². The van der Waals surface area contributed by atoms with Gasteiger partial charge < -0.3 is 10.2 Å². The highest BCUT2D eigenvalue weighted by Gasteiger charge is 2.22. The third-order valence-electron chi connectivity index (χ3n) is 3.70. The Kier molecular flexibility index (Phi) is 5.34. The van der Waals surface area contributed by atoms with Gasteiger partial charge in [0.1, 0.15) is 5.82 Å². The molecule has 4 nitrogen and oxygen atoms in total. The number of likely N-dealkylation sites (N-methyl/N-ethyl adjacent to an activating group) is 1. The smallest absolute Gasteiger partial charge is 0.131 e. The van der Waals surface area contributed by atoms with E-state index in [4.69, 9.17) is 4.98 Å². The molecule has 1 fully saturated rings. The predicted molar refractivity (Wildman–Crippen MR) is 88.7 cm³/mol. The van der Waals surface area contributed by atoms with Gasteiger partial charge in [0, 0.05) is 31.6 Å². The number of nitrogens with one attached hydrogen (secondary N) is 1. The molecule has 1 aliphatic rings. The summed E-state index contributed by atoms with van der Waals surface area (Å²) >= 11 is 0. The fourth-order valence-corrected chi connectivity index (χ4v) is 2.32. The monoisotopic (exact) mass is 288 g/mol. The second kappa shape index (κ2) is 7.03. The van der Waals surface area contributed by atoms with Crippen molar-refractivity contribution in [3.05, 3.63) is 29.9 Å². The van der Waals surface area contributed by atoms with E-state index in [0.29, 0.717) is 12.0 Å². The molecular formula is C17H28N4. The number of hydrogen-bond acceptors (Lipinski definition) is 4. The third kappa shape index (κ3) is 4.53. The number of aromatic nitrogens is 2. The van der Waals surface area contributed by atoms with Crippen LogP contribution in [0, 0.1) is 0 Å². The lowest BCUT2D eigenvalue weighted by Crippen LogP contribution is -2.28. The molecule has 0 aromatic carbocycles. The van der Waals surface area contributed by atoms with Gasteiger partial charge in [-0.25, -0.2) is 9.97 Å². The fraction of sp³-hybridized carbons (Fsp3) is 0.647. The van der Waals surface area contributed by atoms with Crippen molar-refractivity contribution in [2.45, 2.75) is 59.0 Å². The van der Waals surface area contributed by atoms with Gasteiger partial charge in [0.25, 0.3) is 0 Å². The van der Waals surface area contributed by atoms with Crippen LogP contribution in [0.1, 0.15) is 58.0 Å². The highest BCUT2D eigenvalue weighted by Crippen LogP contribution is 2.24. The molecular weight excluding hydrogens is 260 g/mol. The van der Waals surface area contributed by atoms with Gasteiger partial charge in [-0.3, -0.25) is 0 Å². The molecule has 1 aliphatic carbocycles. The van der Waals surface area contributed by atoms with E-state index in [2.05, 4.69) is 49.5 Å². The highest BCUT2D eigenvalue weighted by atomic mass is 15.2. The van der Waals surface area contributed by atoms with Crippen LogP contribution in [0.25, 0.3) is 0 Å². The lowest BCUT2D eigenvalue weighted by Gasteiger charge is -2.25. The number of rotatable bonds is 8. The van der Waals surface area contributed by atoms with Crippen LogP contribution in [0.5, 0.6) is 0 Å². The maximum absolute atomic E-state index is 4.80. The maximum atomic E-state index is 4.80. The minimum absolute atomic E-state index is 0.356. The fourth-order valence-electron chi connectivity index (χ4n) is 2.32. The zero-order chi connectivity index (χ0) is 15.4. The van der Waals surface area contributed by atoms with E-state index in [1.54, 1.807) is 0 Å². The molecule has 4 heteroatoms. The van der Waals surface area contributed by atoms with Gasteiger partial charge in [-0.1, -0.05) is 26.0 Å². The van der Waals surface area contributed by atoms with Gasteiger partial charge in [0.2, 0.25) is 0 Å². The lowest BCUT2D eigenvalue weighted by molar-refractivity contribution is 0.655. The summed E-state index contributed by atoms with van der Waals surface area (Å²) < 4.78 is 0. The molecule has 0 radical (unpaired) electrons. The first-order valence-corrected chi connectivity index (χ1v) is 7.99. The Morgan fingerprint density at radius 2 is 2.19 bits per heavy atom. The summed E-state index contributed by atoms with van der Waals surface area (Å²) in [7, 11) is 0. The number of hydrogen-bond donors (Lipinski definition) is 1. The molecule has 0 spiro atoms. The van der Waals surface area contributed by atoms with Crippen molar-refractivity contribution >= 4 is 5.69 Å². The van der Waals surface area contributed by atoms with E-state index in [1.807, 2.05) is 6.20 Å². The van der Waals surface area contributed by atoms with Crippen molar-refractivity contribution in [2.75, 3.05) is 18.0 Å². The Morgan fingerprint density at radius 3 is 2.71 bits per heavy atom. The van der Waals surface area contributed by atoms with Gasteiger partial charge in [0.15, 0.2) is 0 Å². The highest BCUT2D eigenvalue weighted by molar-refractivity contribution is 5.50. The average molecular weight is 288 g/mol. The molecule has 1 N–H and O–H groups in total. The van der Waals surface area contributed by atoms with E-state index in [1.165, 1.54) is 12.8 Å². The largest absolute Gasteiger partial charge is 0.365 e. The molecule has 0 aliphatic heterocycles. The standard InChI is InChI=1S/C17H28N4/c1-6-21(11-12(2)3)16-10-19-17(13(4)5)20-15(16)9-18-14-7-8-14/h10,13-14,18H,2,6-9,11H2,1,3-5H3. The first-order chi connectivity index (χ1) is 10.0. The van der Waals surface area contributed by atoms with Crippen molar-refractivity contribution < 1.29 is 0 Å². The van der Waals surface area contributed by atoms with E-state index in [0.717, 1.165) is 42.4 Å². The minimum Gasteiger partial charge on any atom is -0.365 e. The molecule has 0 bridgehead atoms. The summed E-state index contributed by atoms with van der Waals surface area (Å²) in [5.41, 5.74) is 3.41. The van der Waals surface area contributed by atoms with E-state index >= 15 is 0 Å². The Balaban J connectivity index is 2.24. The van der Waals surface area contributed by atoms with E-state index < -0.39 is 0 Å². The second-order valence-electron chi connectivity index (χ2n) is 6.34. The molecule has 2 rings (SSSR count). The normalized spacial score (nSPS) is 14.5. The molecule has 0 atom stereocenters. The molecule has 116 valence electrons. The van der Waals surface area contributed by atoms with Gasteiger partial charge in [-0.05, 0) is 26.7 Å². The van der Waals surface area contributed by atoms with Crippen LogP contribution in [0.15, 0.2) is 18.3 Å². The molecule has 1 aromatic rings.